The molecule has 1 aromatic heterocycles. The van der Waals surface area contributed by atoms with E-state index in [1.807, 2.05) is 13.8 Å². The highest BCUT2D eigenvalue weighted by atomic mass is 19.1. The summed E-state index contributed by atoms with van der Waals surface area (Å²) >= 11 is 0. The van der Waals surface area contributed by atoms with Gasteiger partial charge < -0.3 is 15.8 Å². The fraction of sp³-hybridized carbons (Fsp3) is 0.200. The number of anilines is 1. The largest absolute Gasteiger partial charge is 0.384 e. The zero-order valence-electron chi connectivity index (χ0n) is 20.4. The van der Waals surface area contributed by atoms with Gasteiger partial charge in [0.15, 0.2) is 0 Å². The van der Waals surface area contributed by atoms with Crippen molar-refractivity contribution in [2.45, 2.75) is 39.5 Å². The maximum Gasteiger partial charge on any atom is 0.254 e. The molecule has 0 fully saturated rings. The van der Waals surface area contributed by atoms with E-state index in [0.29, 0.717) is 5.82 Å². The minimum Gasteiger partial charge on any atom is -0.384 e. The van der Waals surface area contributed by atoms with Crippen LogP contribution in [0.1, 0.15) is 67.2 Å². The number of nitrogen functional groups attached to an aromatic ring is 1. The van der Waals surface area contributed by atoms with Gasteiger partial charge in [0.2, 0.25) is 0 Å². The number of rotatable bonds is 4. The van der Waals surface area contributed by atoms with Gasteiger partial charge in [0, 0.05) is 12.2 Å². The highest BCUT2D eigenvalue weighted by molar-refractivity contribution is 5.95. The third-order valence-electron chi connectivity index (χ3n) is 7.29. The van der Waals surface area contributed by atoms with Crippen LogP contribution < -0.4 is 11.1 Å². The lowest BCUT2D eigenvalue weighted by Crippen LogP contribution is -2.25. The number of nitrogens with one attached hydrogen (secondary N) is 1. The molecule has 6 rings (SSSR count). The molecule has 2 bridgehead atoms. The van der Waals surface area contributed by atoms with Crippen LogP contribution in [0.5, 0.6) is 0 Å². The van der Waals surface area contributed by atoms with Crippen LogP contribution in [0.15, 0.2) is 60.7 Å². The van der Waals surface area contributed by atoms with Crippen LogP contribution in [0.4, 0.5) is 10.2 Å². The molecule has 2 unspecified atom stereocenters. The van der Waals surface area contributed by atoms with Crippen LogP contribution in [0, 0.1) is 26.6 Å². The Balaban J connectivity index is 1.27. The monoisotopic (exact) mass is 479 g/mol. The summed E-state index contributed by atoms with van der Waals surface area (Å²) in [6, 6.07) is 19.6. The van der Waals surface area contributed by atoms with E-state index in [4.69, 9.17) is 10.5 Å². The molecule has 0 saturated carbocycles. The lowest BCUT2D eigenvalue weighted by atomic mass is 9.83. The summed E-state index contributed by atoms with van der Waals surface area (Å²) in [6.07, 6.45) is -0.631. The number of amides is 1. The van der Waals surface area contributed by atoms with Crippen LogP contribution in [0.3, 0.4) is 0 Å². The van der Waals surface area contributed by atoms with E-state index < -0.39 is 11.7 Å². The summed E-state index contributed by atoms with van der Waals surface area (Å²) < 4.78 is 21.4. The summed E-state index contributed by atoms with van der Waals surface area (Å²) in [5.41, 5.74) is 15.6. The van der Waals surface area contributed by atoms with Gasteiger partial charge >= 0.3 is 0 Å². The molecule has 5 nitrogen and oxygen atoms in total. The molecule has 1 amide bonds. The fourth-order valence-corrected chi connectivity index (χ4v) is 5.38. The number of fused-ring (bicyclic) bond motifs is 8. The van der Waals surface area contributed by atoms with Crippen LogP contribution in [-0.2, 0) is 11.3 Å². The van der Waals surface area contributed by atoms with Crippen molar-refractivity contribution in [2.75, 3.05) is 5.73 Å². The predicted molar refractivity (Wildman–Crippen MR) is 137 cm³/mol. The maximum absolute atomic E-state index is 15.2. The first-order valence-corrected chi connectivity index (χ1v) is 12.0. The van der Waals surface area contributed by atoms with E-state index >= 15 is 4.39 Å². The number of nitrogens with zero attached hydrogens (tertiary/aromatic N) is 1. The first-order chi connectivity index (χ1) is 17.3. The maximum atomic E-state index is 15.2. The molecule has 36 heavy (non-hydrogen) atoms. The lowest BCUT2D eigenvalue weighted by molar-refractivity contribution is 0.0857. The molecule has 0 spiro atoms. The van der Waals surface area contributed by atoms with E-state index in [-0.39, 0.29) is 24.3 Å². The van der Waals surface area contributed by atoms with Crippen LogP contribution in [0.2, 0.25) is 0 Å². The second-order valence-electron chi connectivity index (χ2n) is 9.68. The summed E-state index contributed by atoms with van der Waals surface area (Å²) in [4.78, 5) is 17.2. The molecule has 0 saturated heterocycles. The Morgan fingerprint density at radius 1 is 0.917 bits per heavy atom. The van der Waals surface area contributed by atoms with Crippen molar-refractivity contribution in [3.05, 3.63) is 117 Å². The molecule has 4 aromatic rings. The SMILES string of the molecule is Cc1ccc(-c2ccc3c(c2)C2OC3c3cc(C(=O)NCc4c(C)cc(N)nc4C)c(F)cc32)cc1. The highest BCUT2D eigenvalue weighted by Crippen LogP contribution is 2.55. The van der Waals surface area contributed by atoms with Crippen LogP contribution in [-0.4, -0.2) is 10.9 Å². The minimum absolute atomic E-state index is 0.0152. The first-order valence-electron chi connectivity index (χ1n) is 12.0. The lowest BCUT2D eigenvalue weighted by Gasteiger charge is -2.18. The quantitative estimate of drug-likeness (QED) is 0.385. The van der Waals surface area contributed by atoms with E-state index in [1.54, 1.807) is 12.1 Å². The Bertz CT molecular complexity index is 1520. The van der Waals surface area contributed by atoms with Gasteiger partial charge in [-0.25, -0.2) is 9.37 Å². The average Bonchev–Trinajstić information content (AvgIpc) is 3.39. The third kappa shape index (κ3) is 3.57. The van der Waals surface area contributed by atoms with Gasteiger partial charge in [-0.2, -0.15) is 0 Å². The number of carbonyl (C=O) groups excluding carboxylic acids is 1. The molecule has 2 atom stereocenters. The van der Waals surface area contributed by atoms with Crippen LogP contribution in [0.25, 0.3) is 11.1 Å². The van der Waals surface area contributed by atoms with Gasteiger partial charge in [-0.05, 0) is 89.5 Å². The summed E-state index contributed by atoms with van der Waals surface area (Å²) in [5, 5.41) is 2.84. The standard InChI is InChI=1S/C30H26FN3O2/c1-15-4-6-18(7-5-15)19-8-9-20-21(11-19)29-23-13-26(31)24(12-22(23)28(20)36-29)30(35)33-14-25-16(2)10-27(32)34-17(25)3/h4-13,28-29H,14H2,1-3H3,(H2,32,34)(H,33,35). The molecule has 180 valence electrons. The molecule has 3 aromatic carbocycles. The van der Waals surface area contributed by atoms with E-state index in [1.165, 1.54) is 11.6 Å². The van der Waals surface area contributed by atoms with Crippen molar-refractivity contribution in [3.8, 4) is 11.1 Å². The number of hydrogen-bond acceptors (Lipinski definition) is 4. The van der Waals surface area contributed by atoms with E-state index in [2.05, 4.69) is 59.7 Å². The predicted octanol–water partition coefficient (Wildman–Crippen LogP) is 5.85. The van der Waals surface area contributed by atoms with Crippen LogP contribution >= 0.6 is 0 Å². The molecule has 2 aliphatic heterocycles. The molecule has 6 heteroatoms. The molecule has 3 heterocycles. The van der Waals surface area contributed by atoms with Gasteiger partial charge in [-0.1, -0.05) is 42.0 Å². The van der Waals surface area contributed by atoms with E-state index in [9.17, 15) is 4.79 Å². The number of ether oxygens (including phenoxy) is 1. The number of halogens is 1. The Morgan fingerprint density at radius 2 is 1.58 bits per heavy atom. The van der Waals surface area contributed by atoms with Crippen molar-refractivity contribution < 1.29 is 13.9 Å². The zero-order chi connectivity index (χ0) is 25.1. The van der Waals surface area contributed by atoms with Gasteiger partial charge in [0.1, 0.15) is 23.8 Å². The number of hydrogen-bond donors (Lipinski definition) is 2. The molecular weight excluding hydrogens is 453 g/mol. The topological polar surface area (TPSA) is 77.2 Å². The summed E-state index contributed by atoms with van der Waals surface area (Å²) in [6.45, 7) is 6.07. The van der Waals surface area contributed by atoms with Crippen molar-refractivity contribution in [2.24, 2.45) is 0 Å². The second-order valence-corrected chi connectivity index (χ2v) is 9.68. The molecule has 0 radical (unpaired) electrons. The Kier molecular flexibility index (Phi) is 5.16. The molecular formula is C30H26FN3O2. The van der Waals surface area contributed by atoms with Crippen molar-refractivity contribution in [1.82, 2.24) is 10.3 Å². The van der Waals surface area contributed by atoms with Crippen molar-refractivity contribution in [1.29, 1.82) is 0 Å². The third-order valence-corrected chi connectivity index (χ3v) is 7.29. The minimum atomic E-state index is -0.553. The Labute approximate surface area is 209 Å². The average molecular weight is 480 g/mol. The zero-order valence-corrected chi connectivity index (χ0v) is 20.4. The van der Waals surface area contributed by atoms with Gasteiger partial charge in [0.05, 0.1) is 5.56 Å². The number of nitrogens with two attached hydrogens (primary N) is 1. The van der Waals surface area contributed by atoms with Gasteiger partial charge in [-0.3, -0.25) is 4.79 Å². The summed E-state index contributed by atoms with van der Waals surface area (Å²) in [7, 11) is 0. The summed E-state index contributed by atoms with van der Waals surface area (Å²) in [5.74, 6) is -0.586. The number of carbonyl (C=O) groups is 1. The Hall–Kier alpha value is -4.03. The fourth-order valence-electron chi connectivity index (χ4n) is 5.38. The number of aromatic nitrogens is 1. The molecule has 3 N–H and O–H groups in total. The van der Waals surface area contributed by atoms with Crippen molar-refractivity contribution >= 4 is 11.7 Å². The molecule has 0 aliphatic carbocycles. The van der Waals surface area contributed by atoms with E-state index in [0.717, 1.165) is 50.2 Å². The van der Waals surface area contributed by atoms with Gasteiger partial charge in [-0.15, -0.1) is 0 Å². The van der Waals surface area contributed by atoms with Gasteiger partial charge in [0.25, 0.3) is 5.91 Å². The molecule has 2 aliphatic rings. The van der Waals surface area contributed by atoms with Crippen molar-refractivity contribution in [3.63, 3.8) is 0 Å². The first kappa shape index (κ1) is 22.4. The second kappa shape index (κ2) is 8.28. The number of benzene rings is 3. The normalized spacial score (nSPS) is 17.1. The smallest absolute Gasteiger partial charge is 0.254 e. The number of aryl methyl sites for hydroxylation is 3. The Morgan fingerprint density at radius 3 is 2.33 bits per heavy atom. The number of pyridine rings is 1. The highest BCUT2D eigenvalue weighted by Gasteiger charge is 2.43.